The second-order valence-corrected chi connectivity index (χ2v) is 5.85. The summed E-state index contributed by atoms with van der Waals surface area (Å²) in [5.41, 5.74) is 1.34. The SMILES string of the molecule is CCC1CNCCC1c1cc(OC)c(OC)cc1Br. The summed E-state index contributed by atoms with van der Waals surface area (Å²) in [6.45, 7) is 4.45. The van der Waals surface area contributed by atoms with E-state index in [-0.39, 0.29) is 0 Å². The van der Waals surface area contributed by atoms with Crippen molar-refractivity contribution in [3.8, 4) is 11.5 Å². The molecule has 106 valence electrons. The van der Waals surface area contributed by atoms with Gasteiger partial charge in [0.25, 0.3) is 0 Å². The first kappa shape index (κ1) is 14.7. The van der Waals surface area contributed by atoms with Crippen molar-refractivity contribution >= 4 is 15.9 Å². The zero-order chi connectivity index (χ0) is 13.8. The molecule has 0 spiro atoms. The van der Waals surface area contributed by atoms with Crippen LogP contribution in [-0.2, 0) is 0 Å². The average molecular weight is 328 g/mol. The van der Waals surface area contributed by atoms with E-state index in [4.69, 9.17) is 9.47 Å². The molecule has 2 rings (SSSR count). The summed E-state index contributed by atoms with van der Waals surface area (Å²) in [6, 6.07) is 4.14. The Morgan fingerprint density at radius 3 is 2.58 bits per heavy atom. The molecule has 4 heteroatoms. The van der Waals surface area contributed by atoms with Gasteiger partial charge in [-0.25, -0.2) is 0 Å². The van der Waals surface area contributed by atoms with Gasteiger partial charge in [-0.15, -0.1) is 0 Å². The largest absolute Gasteiger partial charge is 0.493 e. The number of benzene rings is 1. The lowest BCUT2D eigenvalue weighted by molar-refractivity contribution is 0.314. The van der Waals surface area contributed by atoms with Crippen LogP contribution in [0.15, 0.2) is 16.6 Å². The first-order valence-electron chi connectivity index (χ1n) is 6.83. The molecular weight excluding hydrogens is 306 g/mol. The fourth-order valence-corrected chi connectivity index (χ4v) is 3.53. The Bertz CT molecular complexity index is 436. The second kappa shape index (κ2) is 6.62. The molecule has 1 saturated heterocycles. The maximum Gasteiger partial charge on any atom is 0.161 e. The molecule has 1 fully saturated rings. The van der Waals surface area contributed by atoms with Crippen LogP contribution in [0.2, 0.25) is 0 Å². The lowest BCUT2D eigenvalue weighted by Gasteiger charge is -2.32. The van der Waals surface area contributed by atoms with Crippen LogP contribution in [0.4, 0.5) is 0 Å². The Labute approximate surface area is 123 Å². The van der Waals surface area contributed by atoms with Gasteiger partial charge in [0.05, 0.1) is 14.2 Å². The van der Waals surface area contributed by atoms with Crippen LogP contribution in [-0.4, -0.2) is 27.3 Å². The maximum atomic E-state index is 5.43. The molecule has 0 aromatic heterocycles. The molecular formula is C15H22BrNO2. The molecule has 0 aliphatic carbocycles. The molecule has 1 heterocycles. The molecule has 19 heavy (non-hydrogen) atoms. The van der Waals surface area contributed by atoms with Crippen molar-refractivity contribution < 1.29 is 9.47 Å². The lowest BCUT2D eigenvalue weighted by atomic mass is 9.80. The van der Waals surface area contributed by atoms with Crippen LogP contribution in [0.1, 0.15) is 31.2 Å². The molecule has 2 unspecified atom stereocenters. The molecule has 2 atom stereocenters. The van der Waals surface area contributed by atoms with Crippen molar-refractivity contribution in [1.29, 1.82) is 0 Å². The van der Waals surface area contributed by atoms with Crippen molar-refractivity contribution in [3.05, 3.63) is 22.2 Å². The lowest BCUT2D eigenvalue weighted by Crippen LogP contribution is -2.35. The predicted octanol–water partition coefficient (Wildman–Crippen LogP) is 3.57. The first-order valence-corrected chi connectivity index (χ1v) is 7.62. The third kappa shape index (κ3) is 3.06. The average Bonchev–Trinajstić information content (AvgIpc) is 2.46. The number of piperidine rings is 1. The molecule has 1 aliphatic heterocycles. The normalized spacial score (nSPS) is 23.2. The highest BCUT2D eigenvalue weighted by molar-refractivity contribution is 9.10. The van der Waals surface area contributed by atoms with Gasteiger partial charge in [-0.05, 0) is 49.0 Å². The van der Waals surface area contributed by atoms with E-state index in [9.17, 15) is 0 Å². The van der Waals surface area contributed by atoms with Crippen LogP contribution in [0.3, 0.4) is 0 Å². The van der Waals surface area contributed by atoms with Gasteiger partial charge in [-0.2, -0.15) is 0 Å². The van der Waals surface area contributed by atoms with Crippen LogP contribution < -0.4 is 14.8 Å². The van der Waals surface area contributed by atoms with Gasteiger partial charge < -0.3 is 14.8 Å². The van der Waals surface area contributed by atoms with Gasteiger partial charge in [0.1, 0.15) is 0 Å². The minimum absolute atomic E-state index is 0.584. The van der Waals surface area contributed by atoms with E-state index in [1.54, 1.807) is 14.2 Å². The Balaban J connectivity index is 2.37. The fourth-order valence-electron chi connectivity index (χ4n) is 2.92. The van der Waals surface area contributed by atoms with Crippen molar-refractivity contribution in [2.24, 2.45) is 5.92 Å². The zero-order valence-corrected chi connectivity index (χ0v) is 13.4. The summed E-state index contributed by atoms with van der Waals surface area (Å²) >= 11 is 3.69. The molecule has 1 aliphatic rings. The Kier molecular flexibility index (Phi) is 5.11. The molecule has 0 bridgehead atoms. The maximum absolute atomic E-state index is 5.43. The minimum atomic E-state index is 0.584. The number of rotatable bonds is 4. The third-order valence-electron chi connectivity index (χ3n) is 4.03. The van der Waals surface area contributed by atoms with Gasteiger partial charge in [-0.3, -0.25) is 0 Å². The number of ether oxygens (including phenoxy) is 2. The van der Waals surface area contributed by atoms with E-state index in [0.29, 0.717) is 11.8 Å². The molecule has 0 saturated carbocycles. The predicted molar refractivity (Wildman–Crippen MR) is 81.3 cm³/mol. The van der Waals surface area contributed by atoms with Crippen molar-refractivity contribution in [2.75, 3.05) is 27.3 Å². The van der Waals surface area contributed by atoms with Gasteiger partial charge in [-0.1, -0.05) is 29.3 Å². The molecule has 3 nitrogen and oxygen atoms in total. The number of hydrogen-bond donors (Lipinski definition) is 1. The van der Waals surface area contributed by atoms with Crippen molar-refractivity contribution in [1.82, 2.24) is 5.32 Å². The number of hydrogen-bond acceptors (Lipinski definition) is 3. The van der Waals surface area contributed by atoms with Gasteiger partial charge in [0, 0.05) is 4.47 Å². The fraction of sp³-hybridized carbons (Fsp3) is 0.600. The molecule has 0 radical (unpaired) electrons. The Morgan fingerprint density at radius 2 is 1.95 bits per heavy atom. The summed E-state index contributed by atoms with van der Waals surface area (Å²) in [7, 11) is 3.36. The highest BCUT2D eigenvalue weighted by atomic mass is 79.9. The summed E-state index contributed by atoms with van der Waals surface area (Å²) in [5.74, 6) is 2.86. The standard InChI is InChI=1S/C15H22BrNO2/c1-4-10-9-17-6-5-11(10)12-7-14(18-2)15(19-3)8-13(12)16/h7-8,10-11,17H,4-6,9H2,1-3H3. The highest BCUT2D eigenvalue weighted by Gasteiger charge is 2.27. The molecule has 1 aromatic rings. The molecule has 1 aromatic carbocycles. The Morgan fingerprint density at radius 1 is 1.26 bits per heavy atom. The topological polar surface area (TPSA) is 30.5 Å². The van der Waals surface area contributed by atoms with Crippen LogP contribution in [0.25, 0.3) is 0 Å². The third-order valence-corrected chi connectivity index (χ3v) is 4.72. The van der Waals surface area contributed by atoms with E-state index in [2.05, 4.69) is 34.2 Å². The molecule has 0 amide bonds. The summed E-state index contributed by atoms with van der Waals surface area (Å²) in [6.07, 6.45) is 2.37. The molecule has 1 N–H and O–H groups in total. The monoisotopic (exact) mass is 327 g/mol. The van der Waals surface area contributed by atoms with Gasteiger partial charge in [0.2, 0.25) is 0 Å². The zero-order valence-electron chi connectivity index (χ0n) is 11.8. The summed E-state index contributed by atoms with van der Waals surface area (Å²) < 4.78 is 11.9. The van der Waals surface area contributed by atoms with E-state index in [1.165, 1.54) is 18.4 Å². The Hall–Kier alpha value is -0.740. The van der Waals surface area contributed by atoms with E-state index in [1.807, 2.05) is 6.07 Å². The van der Waals surface area contributed by atoms with Crippen molar-refractivity contribution in [2.45, 2.75) is 25.7 Å². The van der Waals surface area contributed by atoms with E-state index in [0.717, 1.165) is 29.1 Å². The minimum Gasteiger partial charge on any atom is -0.493 e. The van der Waals surface area contributed by atoms with Crippen molar-refractivity contribution in [3.63, 3.8) is 0 Å². The van der Waals surface area contributed by atoms with Crippen LogP contribution in [0.5, 0.6) is 11.5 Å². The van der Waals surface area contributed by atoms with E-state index < -0.39 is 0 Å². The first-order chi connectivity index (χ1) is 9.21. The smallest absolute Gasteiger partial charge is 0.161 e. The highest BCUT2D eigenvalue weighted by Crippen LogP contribution is 2.41. The summed E-state index contributed by atoms with van der Waals surface area (Å²) in [5, 5.41) is 3.48. The quantitative estimate of drug-likeness (QED) is 0.917. The van der Waals surface area contributed by atoms with Gasteiger partial charge >= 0.3 is 0 Å². The number of methoxy groups -OCH3 is 2. The van der Waals surface area contributed by atoms with E-state index >= 15 is 0 Å². The van der Waals surface area contributed by atoms with Crippen LogP contribution in [0, 0.1) is 5.92 Å². The van der Waals surface area contributed by atoms with Gasteiger partial charge in [0.15, 0.2) is 11.5 Å². The number of nitrogens with one attached hydrogen (secondary N) is 1. The number of halogens is 1. The van der Waals surface area contributed by atoms with Crippen LogP contribution >= 0.6 is 15.9 Å². The second-order valence-electron chi connectivity index (χ2n) is 5.00. The summed E-state index contributed by atoms with van der Waals surface area (Å²) in [4.78, 5) is 0.